The SMILES string of the molecule is CN(C)c1ccc(/C=c2\sc3n(c2=O)C(N)=C(C#N)C(c2ccc(N(C)C)c(Br)c2)C=3C#N)cc1Br. The topological polar surface area (TPSA) is 102 Å². The van der Waals surface area contributed by atoms with E-state index in [0.29, 0.717) is 14.8 Å². The lowest BCUT2D eigenvalue weighted by molar-refractivity contribution is 0.905. The van der Waals surface area contributed by atoms with Crippen LogP contribution in [-0.2, 0) is 0 Å². The number of nitrogens with two attached hydrogens (primary N) is 1. The molecular formula is C26H22Br2N6OS. The standard InChI is InChI=1S/C26H22Br2N6OS/c1-32(2)20-7-5-14(9-18(20)27)10-22-25(35)34-24(31)16(12-29)23(17(13-30)26(34)36-22)15-6-8-21(33(3)4)19(28)11-15/h5-11,23H,31H2,1-4H3/b22-10-. The van der Waals surface area contributed by atoms with Crippen LogP contribution in [0.5, 0.6) is 0 Å². The number of fused-ring (bicyclic) bond motifs is 1. The Morgan fingerprint density at radius 3 is 2.08 bits per heavy atom. The van der Waals surface area contributed by atoms with Gasteiger partial charge in [0.1, 0.15) is 10.5 Å². The monoisotopic (exact) mass is 624 g/mol. The molecule has 0 saturated heterocycles. The average Bonchev–Trinajstić information content (AvgIpc) is 3.14. The third-order valence-electron chi connectivity index (χ3n) is 5.93. The summed E-state index contributed by atoms with van der Waals surface area (Å²) in [4.78, 5) is 17.3. The predicted octanol–water partition coefficient (Wildman–Crippen LogP) is 3.52. The van der Waals surface area contributed by atoms with Gasteiger partial charge >= 0.3 is 0 Å². The lowest BCUT2D eigenvalue weighted by atomic mass is 9.84. The molecule has 0 saturated carbocycles. The summed E-state index contributed by atoms with van der Waals surface area (Å²) >= 11 is 8.37. The number of halogens is 2. The number of hydrogen-bond acceptors (Lipinski definition) is 7. The van der Waals surface area contributed by atoms with Crippen LogP contribution in [0.15, 0.2) is 55.7 Å². The number of benzene rings is 2. The largest absolute Gasteiger partial charge is 0.384 e. The molecule has 0 aliphatic carbocycles. The second-order valence-corrected chi connectivity index (χ2v) is 11.4. The first-order valence-corrected chi connectivity index (χ1v) is 13.2. The fraction of sp³-hybridized carbons (Fsp3) is 0.192. The van der Waals surface area contributed by atoms with Crippen molar-refractivity contribution in [3.63, 3.8) is 0 Å². The van der Waals surface area contributed by atoms with E-state index in [-0.39, 0.29) is 17.0 Å². The molecule has 0 fully saturated rings. The van der Waals surface area contributed by atoms with Crippen molar-refractivity contribution >= 4 is 72.0 Å². The molecule has 1 atom stereocenters. The normalized spacial score (nSPS) is 15.4. The van der Waals surface area contributed by atoms with E-state index < -0.39 is 5.92 Å². The van der Waals surface area contributed by atoms with Gasteiger partial charge < -0.3 is 15.5 Å². The number of thiazole rings is 1. The zero-order valence-electron chi connectivity index (χ0n) is 20.0. The van der Waals surface area contributed by atoms with Crippen molar-refractivity contribution in [3.05, 3.63) is 81.6 Å². The van der Waals surface area contributed by atoms with Crippen molar-refractivity contribution in [1.29, 1.82) is 10.5 Å². The van der Waals surface area contributed by atoms with Crippen LogP contribution in [0.25, 0.3) is 17.5 Å². The van der Waals surface area contributed by atoms with Crippen LogP contribution in [0.1, 0.15) is 17.0 Å². The smallest absolute Gasteiger partial charge is 0.274 e. The summed E-state index contributed by atoms with van der Waals surface area (Å²) in [5.41, 5.74) is 10.1. The average molecular weight is 626 g/mol. The van der Waals surface area contributed by atoms with Crippen molar-refractivity contribution in [2.24, 2.45) is 5.73 Å². The molecule has 2 heterocycles. The van der Waals surface area contributed by atoms with Gasteiger partial charge in [-0.05, 0) is 73.3 Å². The highest BCUT2D eigenvalue weighted by atomic mass is 79.9. The summed E-state index contributed by atoms with van der Waals surface area (Å²) in [7, 11) is 7.77. The van der Waals surface area contributed by atoms with Crippen molar-refractivity contribution in [1.82, 2.24) is 4.57 Å². The van der Waals surface area contributed by atoms with Crippen molar-refractivity contribution < 1.29 is 0 Å². The van der Waals surface area contributed by atoms with Crippen LogP contribution in [0, 0.1) is 22.7 Å². The van der Waals surface area contributed by atoms with Gasteiger partial charge in [-0.15, -0.1) is 11.3 Å². The molecule has 2 N–H and O–H groups in total. The van der Waals surface area contributed by atoms with Crippen LogP contribution < -0.4 is 30.3 Å². The van der Waals surface area contributed by atoms with Crippen LogP contribution in [0.4, 0.5) is 11.4 Å². The molecule has 36 heavy (non-hydrogen) atoms. The Kier molecular flexibility index (Phi) is 7.14. The summed E-state index contributed by atoms with van der Waals surface area (Å²) in [6.07, 6.45) is 1.77. The molecule has 7 nitrogen and oxygen atoms in total. The van der Waals surface area contributed by atoms with Gasteiger partial charge in [0.25, 0.3) is 5.56 Å². The Morgan fingerprint density at radius 1 is 0.972 bits per heavy atom. The van der Waals surface area contributed by atoms with Crippen LogP contribution in [0.3, 0.4) is 0 Å². The molecule has 2 aromatic carbocycles. The Hall–Kier alpha value is -3.31. The summed E-state index contributed by atoms with van der Waals surface area (Å²) in [6.45, 7) is 0. The summed E-state index contributed by atoms with van der Waals surface area (Å²) in [5.74, 6) is -0.624. The molecular weight excluding hydrogens is 604 g/mol. The molecule has 0 bridgehead atoms. The molecule has 1 aliphatic rings. The number of hydrogen-bond donors (Lipinski definition) is 1. The van der Waals surface area contributed by atoms with Crippen molar-refractivity contribution in [2.45, 2.75) is 5.92 Å². The maximum absolute atomic E-state index is 13.4. The molecule has 4 rings (SSSR count). The molecule has 0 amide bonds. The number of aromatic nitrogens is 1. The van der Waals surface area contributed by atoms with E-state index in [4.69, 9.17) is 5.73 Å². The zero-order chi connectivity index (χ0) is 26.3. The first-order chi connectivity index (χ1) is 17.1. The van der Waals surface area contributed by atoms with E-state index in [0.717, 1.165) is 31.4 Å². The lowest BCUT2D eigenvalue weighted by Gasteiger charge is -2.23. The van der Waals surface area contributed by atoms with Gasteiger partial charge in [0.05, 0.1) is 45.1 Å². The van der Waals surface area contributed by atoms with Crippen LogP contribution in [0.2, 0.25) is 0 Å². The number of nitriles is 2. The third-order valence-corrected chi connectivity index (χ3v) is 8.31. The number of nitrogens with zero attached hydrogens (tertiary/aromatic N) is 5. The highest BCUT2D eigenvalue weighted by molar-refractivity contribution is 9.11. The minimum Gasteiger partial charge on any atom is -0.384 e. The molecule has 182 valence electrons. The van der Waals surface area contributed by atoms with Gasteiger partial charge in [-0.3, -0.25) is 9.36 Å². The predicted molar refractivity (Wildman–Crippen MR) is 153 cm³/mol. The van der Waals surface area contributed by atoms with Gasteiger partial charge in [0.2, 0.25) is 0 Å². The lowest BCUT2D eigenvalue weighted by Crippen LogP contribution is -2.38. The number of anilines is 2. The van der Waals surface area contributed by atoms with Gasteiger partial charge in [-0.2, -0.15) is 10.5 Å². The maximum atomic E-state index is 13.4. The molecule has 0 spiro atoms. The van der Waals surface area contributed by atoms with Crippen molar-refractivity contribution in [2.75, 3.05) is 38.0 Å². The van der Waals surface area contributed by atoms with Crippen LogP contribution in [-0.4, -0.2) is 32.8 Å². The van der Waals surface area contributed by atoms with Crippen LogP contribution >= 0.6 is 43.2 Å². The van der Waals surface area contributed by atoms with E-state index in [1.54, 1.807) is 6.08 Å². The molecule has 0 radical (unpaired) electrons. The van der Waals surface area contributed by atoms with E-state index in [1.807, 2.05) is 74.4 Å². The second kappa shape index (κ2) is 9.98. The summed E-state index contributed by atoms with van der Waals surface area (Å²) in [5, 5.41) is 20.2. The van der Waals surface area contributed by atoms with E-state index in [1.165, 1.54) is 15.9 Å². The van der Waals surface area contributed by atoms with E-state index in [9.17, 15) is 15.3 Å². The fourth-order valence-corrected chi connectivity index (χ4v) is 6.81. The Balaban J connectivity index is 1.97. The molecule has 10 heteroatoms. The minimum atomic E-state index is -0.674. The van der Waals surface area contributed by atoms with E-state index in [2.05, 4.69) is 44.0 Å². The molecule has 1 aromatic heterocycles. The Labute approximate surface area is 229 Å². The maximum Gasteiger partial charge on any atom is 0.274 e. The Bertz CT molecular complexity index is 1680. The Morgan fingerprint density at radius 2 is 1.56 bits per heavy atom. The fourth-order valence-electron chi connectivity index (χ4n) is 4.18. The quantitative estimate of drug-likeness (QED) is 0.476. The highest BCUT2D eigenvalue weighted by Gasteiger charge is 2.32. The van der Waals surface area contributed by atoms with Crippen molar-refractivity contribution in [3.8, 4) is 12.1 Å². The van der Waals surface area contributed by atoms with Gasteiger partial charge in [0, 0.05) is 37.1 Å². The van der Waals surface area contributed by atoms with Gasteiger partial charge in [0.15, 0.2) is 0 Å². The first kappa shape index (κ1) is 25.8. The highest BCUT2D eigenvalue weighted by Crippen LogP contribution is 2.38. The summed E-state index contributed by atoms with van der Waals surface area (Å²) in [6, 6.07) is 15.9. The third kappa shape index (κ3) is 4.37. The molecule has 1 aliphatic heterocycles. The van der Waals surface area contributed by atoms with Gasteiger partial charge in [-0.1, -0.05) is 12.1 Å². The summed E-state index contributed by atoms with van der Waals surface area (Å²) < 4.78 is 3.87. The number of rotatable bonds is 4. The second-order valence-electron chi connectivity index (χ2n) is 8.64. The zero-order valence-corrected chi connectivity index (χ0v) is 24.0. The van der Waals surface area contributed by atoms with E-state index >= 15 is 0 Å². The molecule has 1 unspecified atom stereocenters. The molecule has 3 aromatic rings. The first-order valence-electron chi connectivity index (χ1n) is 10.8. The minimum absolute atomic E-state index is 0.0503. The number of allylic oxidation sites excluding steroid dienone is 1. The van der Waals surface area contributed by atoms with Gasteiger partial charge in [-0.25, -0.2) is 0 Å².